The van der Waals surface area contributed by atoms with E-state index < -0.39 is 8.07 Å². The molecule has 0 aliphatic heterocycles. The first kappa shape index (κ1) is 27.2. The highest BCUT2D eigenvalue weighted by molar-refractivity contribution is 6.76. The van der Waals surface area contributed by atoms with Gasteiger partial charge < -0.3 is 10.1 Å². The van der Waals surface area contributed by atoms with Crippen LogP contribution in [0.25, 0.3) is 23.1 Å². The second kappa shape index (κ2) is 12.2. The van der Waals surface area contributed by atoms with Crippen LogP contribution in [0, 0.1) is 0 Å². The van der Waals surface area contributed by atoms with Crippen LogP contribution in [-0.4, -0.2) is 35.2 Å². The fourth-order valence-electron chi connectivity index (χ4n) is 4.32. The Balaban J connectivity index is 1.43. The van der Waals surface area contributed by atoms with Crippen molar-refractivity contribution in [3.8, 4) is 0 Å². The second-order valence-corrected chi connectivity index (χ2v) is 16.6. The number of pyridine rings is 1. The maximum absolute atomic E-state index is 13.6. The van der Waals surface area contributed by atoms with Crippen molar-refractivity contribution < 1.29 is 9.53 Å². The molecule has 2 heterocycles. The van der Waals surface area contributed by atoms with Gasteiger partial charge in [-0.05, 0) is 66.7 Å². The lowest BCUT2D eigenvalue weighted by molar-refractivity contribution is 0.0816. The average molecular weight is 547 g/mol. The summed E-state index contributed by atoms with van der Waals surface area (Å²) in [5.74, 6) is -0.0448. The number of hydrogen-bond donors (Lipinski definition) is 1. The van der Waals surface area contributed by atoms with Crippen molar-refractivity contribution in [2.24, 2.45) is 0 Å². The molecular weight excluding hydrogens is 512 g/mol. The van der Waals surface area contributed by atoms with Gasteiger partial charge in [-0.2, -0.15) is 5.10 Å². The Kier molecular flexibility index (Phi) is 8.33. The Morgan fingerprint density at radius 1 is 0.875 bits per heavy atom. The van der Waals surface area contributed by atoms with E-state index in [4.69, 9.17) is 9.84 Å². The molecule has 0 bridgehead atoms. The predicted molar refractivity (Wildman–Crippen MR) is 167 cm³/mol. The van der Waals surface area contributed by atoms with Gasteiger partial charge >= 0.3 is 0 Å². The largest absolute Gasteiger partial charge is 0.360 e. The van der Waals surface area contributed by atoms with Crippen LogP contribution < -0.4 is 5.32 Å². The van der Waals surface area contributed by atoms with Gasteiger partial charge in [-0.25, -0.2) is 4.68 Å². The standard InChI is InChI=1S/C33H34N4O2Si/c1-40(2,3)21-20-39-24-37-32-23-26(15-17-30(32)31(36-37)18-16-27-11-7-8-19-34-27)33(38)25-10-9-14-29(22-25)35-28-12-5-4-6-13-28/h4-19,22-23,35H,20-21,24H2,1-3H3. The molecule has 5 aromatic rings. The molecule has 0 unspecified atom stereocenters. The Morgan fingerprint density at radius 2 is 1.65 bits per heavy atom. The molecule has 202 valence electrons. The van der Waals surface area contributed by atoms with E-state index in [0.717, 1.165) is 39.7 Å². The number of hydrogen-bond acceptors (Lipinski definition) is 5. The van der Waals surface area contributed by atoms with Gasteiger partial charge in [0.1, 0.15) is 6.73 Å². The summed E-state index contributed by atoms with van der Waals surface area (Å²) >= 11 is 0. The van der Waals surface area contributed by atoms with Crippen LogP contribution in [0.1, 0.15) is 27.3 Å². The molecule has 0 radical (unpaired) electrons. The van der Waals surface area contributed by atoms with Gasteiger partial charge in [-0.1, -0.05) is 62.1 Å². The predicted octanol–water partition coefficient (Wildman–Crippen LogP) is 7.89. The second-order valence-electron chi connectivity index (χ2n) is 11.0. The number of anilines is 2. The van der Waals surface area contributed by atoms with Crippen LogP contribution in [-0.2, 0) is 11.5 Å². The number of ketones is 1. The van der Waals surface area contributed by atoms with Crippen LogP contribution in [0.2, 0.25) is 25.7 Å². The van der Waals surface area contributed by atoms with Gasteiger partial charge in [-0.15, -0.1) is 0 Å². The molecule has 5 rings (SSSR count). The van der Waals surface area contributed by atoms with Gasteiger partial charge in [0.05, 0.1) is 16.9 Å². The summed E-state index contributed by atoms with van der Waals surface area (Å²) < 4.78 is 7.89. The van der Waals surface area contributed by atoms with Crippen molar-refractivity contribution in [3.63, 3.8) is 0 Å². The summed E-state index contributed by atoms with van der Waals surface area (Å²) in [7, 11) is -1.21. The maximum Gasteiger partial charge on any atom is 0.193 e. The Hall–Kier alpha value is -4.33. The molecule has 40 heavy (non-hydrogen) atoms. The molecule has 3 aromatic carbocycles. The van der Waals surface area contributed by atoms with Gasteiger partial charge in [-0.3, -0.25) is 9.78 Å². The molecule has 0 amide bonds. The first-order chi connectivity index (χ1) is 19.4. The number of nitrogens with one attached hydrogen (secondary N) is 1. The third kappa shape index (κ3) is 6.99. The van der Waals surface area contributed by atoms with Crippen molar-refractivity contribution in [1.29, 1.82) is 0 Å². The molecule has 0 aliphatic rings. The number of carbonyl (C=O) groups is 1. The number of rotatable bonds is 11. The number of ether oxygens (including phenoxy) is 1. The molecule has 0 fully saturated rings. The monoisotopic (exact) mass is 546 g/mol. The zero-order valence-electron chi connectivity index (χ0n) is 23.2. The van der Waals surface area contributed by atoms with E-state index in [1.54, 1.807) is 6.20 Å². The topological polar surface area (TPSA) is 69.0 Å². The van der Waals surface area contributed by atoms with E-state index in [1.165, 1.54) is 0 Å². The lowest BCUT2D eigenvalue weighted by Gasteiger charge is -2.15. The summed E-state index contributed by atoms with van der Waals surface area (Å²) in [5.41, 5.74) is 5.58. The lowest BCUT2D eigenvalue weighted by Crippen LogP contribution is -2.22. The highest BCUT2D eigenvalue weighted by atomic mass is 28.3. The maximum atomic E-state index is 13.6. The Bertz CT molecular complexity index is 1620. The van der Waals surface area contributed by atoms with Gasteiger partial charge in [0.15, 0.2) is 5.78 Å². The SMILES string of the molecule is C[Si](C)(C)CCOCn1nc(C=Cc2ccccn2)c2ccc(C(=O)c3cccc(Nc4ccccc4)c3)cc21. The fourth-order valence-corrected chi connectivity index (χ4v) is 5.08. The number of fused-ring (bicyclic) bond motifs is 1. The molecular formula is C33H34N4O2Si. The molecule has 2 aromatic heterocycles. The number of aromatic nitrogens is 3. The highest BCUT2D eigenvalue weighted by Gasteiger charge is 2.16. The molecule has 7 heteroatoms. The van der Waals surface area contributed by atoms with E-state index in [0.29, 0.717) is 24.5 Å². The number of nitrogens with zero attached hydrogens (tertiary/aromatic N) is 3. The van der Waals surface area contributed by atoms with Crippen molar-refractivity contribution in [2.75, 3.05) is 11.9 Å². The third-order valence-corrected chi connectivity index (χ3v) is 8.24. The molecule has 0 spiro atoms. The lowest BCUT2D eigenvalue weighted by atomic mass is 10.0. The van der Waals surface area contributed by atoms with E-state index in [9.17, 15) is 4.79 Å². The van der Waals surface area contributed by atoms with Crippen LogP contribution in [0.5, 0.6) is 0 Å². The van der Waals surface area contributed by atoms with Crippen LogP contribution in [0.3, 0.4) is 0 Å². The molecule has 0 aliphatic carbocycles. The number of carbonyl (C=O) groups excluding carboxylic acids is 1. The van der Waals surface area contributed by atoms with E-state index in [2.05, 4.69) is 29.9 Å². The molecule has 6 nitrogen and oxygen atoms in total. The van der Waals surface area contributed by atoms with E-state index in [1.807, 2.05) is 108 Å². The fraction of sp³-hybridized carbons (Fsp3) is 0.182. The van der Waals surface area contributed by atoms with Crippen LogP contribution in [0.15, 0.2) is 97.2 Å². The first-order valence-corrected chi connectivity index (χ1v) is 17.2. The first-order valence-electron chi connectivity index (χ1n) is 13.5. The number of para-hydroxylation sites is 1. The van der Waals surface area contributed by atoms with Crippen molar-refractivity contribution in [1.82, 2.24) is 14.8 Å². The van der Waals surface area contributed by atoms with Crippen molar-refractivity contribution in [3.05, 3.63) is 120 Å². The third-order valence-electron chi connectivity index (χ3n) is 6.54. The van der Waals surface area contributed by atoms with E-state index >= 15 is 0 Å². The summed E-state index contributed by atoms with van der Waals surface area (Å²) in [4.78, 5) is 18.0. The smallest absolute Gasteiger partial charge is 0.193 e. The van der Waals surface area contributed by atoms with Gasteiger partial charge in [0.2, 0.25) is 0 Å². The van der Waals surface area contributed by atoms with Gasteiger partial charge in [0, 0.05) is 48.8 Å². The van der Waals surface area contributed by atoms with Crippen LogP contribution >= 0.6 is 0 Å². The summed E-state index contributed by atoms with van der Waals surface area (Å²) in [6, 6.07) is 30.2. The van der Waals surface area contributed by atoms with E-state index in [-0.39, 0.29) is 5.78 Å². The molecule has 1 N–H and O–H groups in total. The highest BCUT2D eigenvalue weighted by Crippen LogP contribution is 2.25. The quantitative estimate of drug-likeness (QED) is 0.104. The minimum Gasteiger partial charge on any atom is -0.360 e. The number of benzene rings is 3. The van der Waals surface area contributed by atoms with Crippen molar-refractivity contribution >= 4 is 48.3 Å². The van der Waals surface area contributed by atoms with Crippen LogP contribution in [0.4, 0.5) is 11.4 Å². The van der Waals surface area contributed by atoms with Crippen molar-refractivity contribution in [2.45, 2.75) is 32.4 Å². The average Bonchev–Trinajstić information content (AvgIpc) is 3.31. The Morgan fingerprint density at radius 3 is 2.42 bits per heavy atom. The summed E-state index contributed by atoms with van der Waals surface area (Å²) in [5, 5.41) is 9.16. The zero-order chi connectivity index (χ0) is 28.0. The minimum absolute atomic E-state index is 0.0448. The molecule has 0 atom stereocenters. The van der Waals surface area contributed by atoms with Gasteiger partial charge in [0.25, 0.3) is 0 Å². The zero-order valence-corrected chi connectivity index (χ0v) is 24.2. The minimum atomic E-state index is -1.21. The normalized spacial score (nSPS) is 11.8. The Labute approximate surface area is 236 Å². The molecule has 0 saturated carbocycles. The molecule has 0 saturated heterocycles. The summed E-state index contributed by atoms with van der Waals surface area (Å²) in [6.07, 6.45) is 5.68. The summed E-state index contributed by atoms with van der Waals surface area (Å²) in [6.45, 7) is 8.02.